The number of carbonyl (C=O) groups is 1. The molecule has 1 amide bonds. The first kappa shape index (κ1) is 14.2. The van der Waals surface area contributed by atoms with Crippen LogP contribution in [0.5, 0.6) is 0 Å². The van der Waals surface area contributed by atoms with E-state index in [0.717, 1.165) is 0 Å². The molecule has 0 spiro atoms. The number of halogens is 3. The van der Waals surface area contributed by atoms with Gasteiger partial charge in [-0.3, -0.25) is 4.79 Å². The van der Waals surface area contributed by atoms with Crippen molar-refractivity contribution >= 4 is 5.91 Å². The van der Waals surface area contributed by atoms with E-state index in [1.807, 2.05) is 13.8 Å². The molecule has 100 valence electrons. The van der Waals surface area contributed by atoms with Gasteiger partial charge >= 0.3 is 6.18 Å². The van der Waals surface area contributed by atoms with Gasteiger partial charge in [0.2, 0.25) is 5.91 Å². The van der Waals surface area contributed by atoms with E-state index in [9.17, 15) is 18.0 Å². The van der Waals surface area contributed by atoms with Gasteiger partial charge < -0.3 is 15.0 Å². The van der Waals surface area contributed by atoms with E-state index in [2.05, 4.69) is 5.32 Å². The van der Waals surface area contributed by atoms with Crippen molar-refractivity contribution in [2.24, 2.45) is 0 Å². The molecular formula is C10H17F3N2O2. The third-order valence-electron chi connectivity index (χ3n) is 2.38. The van der Waals surface area contributed by atoms with E-state index in [-0.39, 0.29) is 12.5 Å². The van der Waals surface area contributed by atoms with Crippen molar-refractivity contribution in [2.75, 3.05) is 32.8 Å². The second kappa shape index (κ2) is 5.22. The molecule has 7 heteroatoms. The summed E-state index contributed by atoms with van der Waals surface area (Å²) in [6.45, 7) is 3.49. The third kappa shape index (κ3) is 5.36. The van der Waals surface area contributed by atoms with Gasteiger partial charge in [0, 0.05) is 13.1 Å². The SMILES string of the molecule is CC1(C)CN(C(=O)CNCC(F)(F)F)CCO1. The maximum Gasteiger partial charge on any atom is 0.401 e. The van der Waals surface area contributed by atoms with Gasteiger partial charge in [-0.05, 0) is 13.8 Å². The minimum absolute atomic E-state index is 0.296. The first-order valence-corrected chi connectivity index (χ1v) is 5.39. The molecule has 1 heterocycles. The second-order valence-electron chi connectivity index (χ2n) is 4.64. The highest BCUT2D eigenvalue weighted by atomic mass is 19.4. The molecule has 0 bridgehead atoms. The topological polar surface area (TPSA) is 41.6 Å². The Kier molecular flexibility index (Phi) is 4.37. The lowest BCUT2D eigenvalue weighted by Crippen LogP contribution is -2.52. The van der Waals surface area contributed by atoms with Crippen LogP contribution in [0.25, 0.3) is 0 Å². The van der Waals surface area contributed by atoms with E-state index in [0.29, 0.717) is 19.7 Å². The van der Waals surface area contributed by atoms with Gasteiger partial charge in [-0.1, -0.05) is 0 Å². The molecule has 0 saturated carbocycles. The first-order chi connectivity index (χ1) is 7.70. The summed E-state index contributed by atoms with van der Waals surface area (Å²) in [6.07, 6.45) is -4.29. The van der Waals surface area contributed by atoms with Crippen LogP contribution >= 0.6 is 0 Å². The van der Waals surface area contributed by atoms with Crippen LogP contribution in [-0.2, 0) is 9.53 Å². The van der Waals surface area contributed by atoms with Crippen molar-refractivity contribution in [2.45, 2.75) is 25.6 Å². The van der Waals surface area contributed by atoms with Gasteiger partial charge in [0.1, 0.15) is 0 Å². The quantitative estimate of drug-likeness (QED) is 0.809. The Labute approximate surface area is 98.1 Å². The normalized spacial score (nSPS) is 20.4. The Hall–Kier alpha value is -0.820. The fourth-order valence-corrected chi connectivity index (χ4v) is 1.65. The number of ether oxygens (including phenoxy) is 1. The highest BCUT2D eigenvalue weighted by Gasteiger charge is 2.31. The number of hydrogen-bond donors (Lipinski definition) is 1. The molecule has 0 aliphatic carbocycles. The predicted octanol–water partition coefficient (Wildman–Crippen LogP) is 0.776. The molecular weight excluding hydrogens is 237 g/mol. The molecule has 0 radical (unpaired) electrons. The largest absolute Gasteiger partial charge is 0.401 e. The van der Waals surface area contributed by atoms with Gasteiger partial charge in [-0.25, -0.2) is 0 Å². The minimum Gasteiger partial charge on any atom is -0.372 e. The molecule has 0 aromatic heterocycles. The molecule has 1 aliphatic heterocycles. The maximum atomic E-state index is 11.9. The van der Waals surface area contributed by atoms with Crippen molar-refractivity contribution < 1.29 is 22.7 Å². The third-order valence-corrected chi connectivity index (χ3v) is 2.38. The summed E-state index contributed by atoms with van der Waals surface area (Å²) in [5.74, 6) is -0.328. The summed E-state index contributed by atoms with van der Waals surface area (Å²) in [7, 11) is 0. The maximum absolute atomic E-state index is 11.9. The molecule has 17 heavy (non-hydrogen) atoms. The molecule has 1 rings (SSSR count). The summed E-state index contributed by atoms with van der Waals surface area (Å²) in [5, 5.41) is 2.09. The lowest BCUT2D eigenvalue weighted by Gasteiger charge is -2.38. The summed E-state index contributed by atoms with van der Waals surface area (Å²) < 4.78 is 41.0. The molecule has 0 aromatic carbocycles. The molecule has 1 saturated heterocycles. The summed E-state index contributed by atoms with van der Waals surface area (Å²) in [5.41, 5.74) is -0.433. The molecule has 0 aromatic rings. The fourth-order valence-electron chi connectivity index (χ4n) is 1.65. The number of alkyl halides is 3. The number of hydrogen-bond acceptors (Lipinski definition) is 3. The highest BCUT2D eigenvalue weighted by Crippen LogP contribution is 2.16. The van der Waals surface area contributed by atoms with E-state index in [4.69, 9.17) is 4.74 Å². The zero-order chi connectivity index (χ0) is 13.1. The van der Waals surface area contributed by atoms with Crippen LogP contribution < -0.4 is 5.32 Å². The fraction of sp³-hybridized carbons (Fsp3) is 0.900. The summed E-state index contributed by atoms with van der Waals surface area (Å²) >= 11 is 0. The summed E-state index contributed by atoms with van der Waals surface area (Å²) in [6, 6.07) is 0. The molecule has 4 nitrogen and oxygen atoms in total. The van der Waals surface area contributed by atoms with Gasteiger partial charge in [-0.15, -0.1) is 0 Å². The van der Waals surface area contributed by atoms with Gasteiger partial charge in [0.15, 0.2) is 0 Å². The molecule has 1 aliphatic rings. The first-order valence-electron chi connectivity index (χ1n) is 5.39. The number of carbonyl (C=O) groups excluding carboxylic acids is 1. The van der Waals surface area contributed by atoms with E-state index < -0.39 is 18.3 Å². The van der Waals surface area contributed by atoms with Crippen LogP contribution in [0.15, 0.2) is 0 Å². The number of rotatable bonds is 3. The molecule has 1 fully saturated rings. The number of nitrogens with one attached hydrogen (secondary N) is 1. The number of nitrogens with zero attached hydrogens (tertiary/aromatic N) is 1. The van der Waals surface area contributed by atoms with E-state index >= 15 is 0 Å². The Morgan fingerprint density at radius 2 is 2.12 bits per heavy atom. The van der Waals surface area contributed by atoms with Crippen LogP contribution in [0.1, 0.15) is 13.8 Å². The van der Waals surface area contributed by atoms with E-state index in [1.54, 1.807) is 0 Å². The van der Waals surface area contributed by atoms with Crippen LogP contribution in [0.2, 0.25) is 0 Å². The lowest BCUT2D eigenvalue weighted by molar-refractivity contribution is -0.146. The van der Waals surface area contributed by atoms with Crippen molar-refractivity contribution in [1.29, 1.82) is 0 Å². The van der Waals surface area contributed by atoms with Gasteiger partial charge in [0.25, 0.3) is 0 Å². The molecule has 1 N–H and O–H groups in total. The number of morpholine rings is 1. The van der Waals surface area contributed by atoms with Crippen LogP contribution in [-0.4, -0.2) is 55.4 Å². The van der Waals surface area contributed by atoms with Crippen molar-refractivity contribution in [3.63, 3.8) is 0 Å². The Morgan fingerprint density at radius 1 is 1.47 bits per heavy atom. The van der Waals surface area contributed by atoms with Crippen LogP contribution in [0, 0.1) is 0 Å². The predicted molar refractivity (Wildman–Crippen MR) is 55.5 cm³/mol. The zero-order valence-corrected chi connectivity index (χ0v) is 9.93. The van der Waals surface area contributed by atoms with Gasteiger partial charge in [0.05, 0.1) is 25.3 Å². The second-order valence-corrected chi connectivity index (χ2v) is 4.64. The molecule has 0 atom stereocenters. The van der Waals surface area contributed by atoms with E-state index in [1.165, 1.54) is 4.90 Å². The van der Waals surface area contributed by atoms with Crippen molar-refractivity contribution in [1.82, 2.24) is 10.2 Å². The van der Waals surface area contributed by atoms with Crippen molar-refractivity contribution in [3.8, 4) is 0 Å². The average molecular weight is 254 g/mol. The lowest BCUT2D eigenvalue weighted by atomic mass is 10.1. The zero-order valence-electron chi connectivity index (χ0n) is 9.93. The highest BCUT2D eigenvalue weighted by molar-refractivity contribution is 5.78. The summed E-state index contributed by atoms with van der Waals surface area (Å²) in [4.78, 5) is 13.1. The van der Waals surface area contributed by atoms with Crippen LogP contribution in [0.3, 0.4) is 0 Å². The standard InChI is InChI=1S/C10H17F3N2O2/c1-9(2)7-15(3-4-17-9)8(16)5-14-6-10(11,12)13/h14H,3-7H2,1-2H3. The Bertz CT molecular complexity index is 279. The van der Waals surface area contributed by atoms with Gasteiger partial charge in [-0.2, -0.15) is 13.2 Å². The Balaban J connectivity index is 2.33. The monoisotopic (exact) mass is 254 g/mol. The molecule has 0 unspecified atom stereocenters. The van der Waals surface area contributed by atoms with Crippen molar-refractivity contribution in [3.05, 3.63) is 0 Å². The van der Waals surface area contributed by atoms with Crippen LogP contribution in [0.4, 0.5) is 13.2 Å². The number of amides is 1. The Morgan fingerprint density at radius 3 is 2.65 bits per heavy atom. The smallest absolute Gasteiger partial charge is 0.372 e. The average Bonchev–Trinajstić information content (AvgIpc) is 2.13. The minimum atomic E-state index is -4.29.